The molecule has 0 radical (unpaired) electrons. The Hall–Kier alpha value is -2.67. The number of para-hydroxylation sites is 1. The molecule has 3 aromatic carbocycles. The van der Waals surface area contributed by atoms with E-state index in [9.17, 15) is 0 Å². The Morgan fingerprint density at radius 3 is 2.12 bits per heavy atom. The van der Waals surface area contributed by atoms with E-state index in [1.807, 2.05) is 72.8 Å². The second kappa shape index (κ2) is 13.7. The highest BCUT2D eigenvalue weighted by Crippen LogP contribution is 2.20. The van der Waals surface area contributed by atoms with Crippen LogP contribution in [0, 0.1) is 0 Å². The van der Waals surface area contributed by atoms with Gasteiger partial charge in [-0.05, 0) is 68.8 Å². The number of hydrogen-bond donors (Lipinski definition) is 1. The largest absolute Gasteiger partial charge is 0.494 e. The van der Waals surface area contributed by atoms with E-state index in [0.717, 1.165) is 48.1 Å². The van der Waals surface area contributed by atoms with Gasteiger partial charge in [-0.3, -0.25) is 0 Å². The lowest BCUT2D eigenvalue weighted by Gasteiger charge is -2.14. The van der Waals surface area contributed by atoms with Crippen LogP contribution in [-0.4, -0.2) is 42.5 Å². The van der Waals surface area contributed by atoms with Crippen LogP contribution in [0.5, 0.6) is 5.75 Å². The van der Waals surface area contributed by atoms with E-state index in [1.165, 1.54) is 25.9 Å². The Morgan fingerprint density at radius 1 is 0.844 bits per heavy atom. The summed E-state index contributed by atoms with van der Waals surface area (Å²) in [6.45, 7) is 4.37. The number of benzene rings is 3. The number of anilines is 1. The number of hydrogen-bond acceptors (Lipinski definition) is 3. The molecule has 32 heavy (non-hydrogen) atoms. The number of aliphatic imine (C=N–C) groups is 1. The zero-order chi connectivity index (χ0) is 20.4. The van der Waals surface area contributed by atoms with Crippen molar-refractivity contribution in [2.24, 2.45) is 4.99 Å². The minimum Gasteiger partial charge on any atom is -0.494 e. The molecule has 0 aliphatic carbocycles. The maximum absolute atomic E-state index is 5.92. The van der Waals surface area contributed by atoms with Crippen LogP contribution in [0.15, 0.2) is 89.9 Å². The zero-order valence-corrected chi connectivity index (χ0v) is 20.0. The van der Waals surface area contributed by atoms with Crippen molar-refractivity contribution in [3.8, 4) is 5.75 Å². The van der Waals surface area contributed by atoms with Gasteiger partial charge in [0.1, 0.15) is 11.6 Å². The number of nitrogens with one attached hydrogen (secondary N) is 1. The molecule has 1 fully saturated rings. The van der Waals surface area contributed by atoms with Crippen LogP contribution in [0.25, 0.3) is 0 Å². The van der Waals surface area contributed by atoms with Gasteiger partial charge in [-0.1, -0.05) is 48.5 Å². The molecule has 1 saturated heterocycles. The van der Waals surface area contributed by atoms with Crippen molar-refractivity contribution in [2.45, 2.75) is 19.3 Å². The fourth-order valence-electron chi connectivity index (χ4n) is 3.65. The maximum atomic E-state index is 5.92. The quantitative estimate of drug-likeness (QED) is 0.254. The van der Waals surface area contributed by atoms with E-state index in [0.29, 0.717) is 0 Å². The van der Waals surface area contributed by atoms with Gasteiger partial charge in [0.15, 0.2) is 0 Å². The van der Waals surface area contributed by atoms with Gasteiger partial charge >= 0.3 is 0 Å². The Kier molecular flexibility index (Phi) is 10.9. The fraction of sp³-hybridized carbons (Fsp3) is 0.269. The topological polar surface area (TPSA) is 68.4 Å². The van der Waals surface area contributed by atoms with Gasteiger partial charge in [-0.2, -0.15) is 0 Å². The van der Waals surface area contributed by atoms with Gasteiger partial charge in [-0.15, -0.1) is 17.0 Å². The maximum Gasteiger partial charge on any atom is 0.138 e. The molecule has 0 aromatic heterocycles. The number of nitrogens with zero attached hydrogens (tertiary/aromatic N) is 2. The summed E-state index contributed by atoms with van der Waals surface area (Å²) in [7, 11) is 0. The first-order valence-corrected chi connectivity index (χ1v) is 10.8. The summed E-state index contributed by atoms with van der Waals surface area (Å²) in [5.74, 6) is 1.72. The predicted octanol–water partition coefficient (Wildman–Crippen LogP) is 5.49. The third-order valence-electron chi connectivity index (χ3n) is 5.25. The number of rotatable bonds is 8. The smallest absolute Gasteiger partial charge is 0.138 e. The van der Waals surface area contributed by atoms with Crippen molar-refractivity contribution in [1.29, 1.82) is 0 Å². The normalized spacial score (nSPS) is 13.7. The molecular weight excluding hydrogens is 466 g/mol. The summed E-state index contributed by atoms with van der Waals surface area (Å²) >= 11 is 0. The van der Waals surface area contributed by atoms with Crippen LogP contribution in [0.4, 0.5) is 11.4 Å². The van der Waals surface area contributed by atoms with Crippen LogP contribution >= 0.6 is 17.0 Å². The molecule has 6 heteroatoms. The molecule has 0 spiro atoms. The lowest BCUT2D eigenvalue weighted by Crippen LogP contribution is -2.21. The summed E-state index contributed by atoms with van der Waals surface area (Å²) in [5.41, 5.74) is 2.95. The van der Waals surface area contributed by atoms with E-state index < -0.39 is 0 Å². The highest BCUT2D eigenvalue weighted by Gasteiger charge is 2.10. The van der Waals surface area contributed by atoms with Crippen LogP contribution < -0.4 is 10.1 Å². The first-order valence-electron chi connectivity index (χ1n) is 10.8. The van der Waals surface area contributed by atoms with Gasteiger partial charge in [0.05, 0.1) is 12.3 Å². The van der Waals surface area contributed by atoms with Crippen LogP contribution in [-0.2, 0) is 0 Å². The summed E-state index contributed by atoms with van der Waals surface area (Å²) in [6.07, 6.45) is 3.75. The van der Waals surface area contributed by atoms with Gasteiger partial charge in [0.2, 0.25) is 0 Å². The van der Waals surface area contributed by atoms with E-state index >= 15 is 0 Å². The Labute approximate surface area is 201 Å². The predicted molar refractivity (Wildman–Crippen MR) is 139 cm³/mol. The number of amidine groups is 1. The van der Waals surface area contributed by atoms with Crippen molar-refractivity contribution >= 4 is 34.2 Å². The Balaban J connectivity index is 0.00000181. The third kappa shape index (κ3) is 7.79. The summed E-state index contributed by atoms with van der Waals surface area (Å²) in [5, 5.41) is 3.44. The Bertz CT molecular complexity index is 928. The van der Waals surface area contributed by atoms with Crippen molar-refractivity contribution in [3.63, 3.8) is 0 Å². The monoisotopic (exact) mass is 497 g/mol. The van der Waals surface area contributed by atoms with Gasteiger partial charge in [-0.25, -0.2) is 4.99 Å². The summed E-state index contributed by atoms with van der Waals surface area (Å²) in [6, 6.07) is 28.3. The van der Waals surface area contributed by atoms with Gasteiger partial charge < -0.3 is 20.4 Å². The van der Waals surface area contributed by atoms with E-state index in [-0.39, 0.29) is 22.5 Å². The molecular formula is C26H32BrN3O2. The van der Waals surface area contributed by atoms with Crippen molar-refractivity contribution in [2.75, 3.05) is 31.6 Å². The molecule has 0 atom stereocenters. The average molecular weight is 498 g/mol. The molecule has 3 aromatic rings. The van der Waals surface area contributed by atoms with Crippen molar-refractivity contribution < 1.29 is 10.2 Å². The molecule has 0 unspecified atom stereocenters. The zero-order valence-electron chi connectivity index (χ0n) is 18.2. The molecule has 1 aliphatic heterocycles. The molecule has 3 N–H and O–H groups in total. The minimum atomic E-state index is 0. The average Bonchev–Trinajstić information content (AvgIpc) is 3.32. The highest BCUT2D eigenvalue weighted by atomic mass is 79.9. The Morgan fingerprint density at radius 2 is 1.47 bits per heavy atom. The van der Waals surface area contributed by atoms with E-state index in [4.69, 9.17) is 9.73 Å². The SMILES string of the molecule is Br.O.c1ccc(NC(=Nc2ccc(OCCCN3CCCC3)cc2)c2ccccc2)cc1. The lowest BCUT2D eigenvalue weighted by molar-refractivity contribution is 0.263. The molecule has 0 bridgehead atoms. The van der Waals surface area contributed by atoms with Crippen LogP contribution in [0.2, 0.25) is 0 Å². The molecule has 0 amide bonds. The van der Waals surface area contributed by atoms with Crippen LogP contribution in [0.1, 0.15) is 24.8 Å². The fourth-order valence-corrected chi connectivity index (χ4v) is 3.65. The first kappa shape index (κ1) is 25.6. The second-order valence-corrected chi connectivity index (χ2v) is 7.56. The second-order valence-electron chi connectivity index (χ2n) is 7.56. The summed E-state index contributed by atoms with van der Waals surface area (Å²) < 4.78 is 5.92. The van der Waals surface area contributed by atoms with Gasteiger partial charge in [0, 0.05) is 17.8 Å². The highest BCUT2D eigenvalue weighted by molar-refractivity contribution is 8.93. The standard InChI is InChI=1S/C26H29N3O.BrH.H2O/c1-3-10-22(11-4-1)26(27-23-12-5-2-6-13-23)28-24-14-16-25(17-15-24)30-21-9-20-29-18-7-8-19-29;;/h1-6,10-17H,7-9,18-21H2,(H,27,28);1H;1H2. The third-order valence-corrected chi connectivity index (χ3v) is 5.25. The minimum absolute atomic E-state index is 0. The van der Waals surface area contributed by atoms with Crippen molar-refractivity contribution in [3.05, 3.63) is 90.5 Å². The van der Waals surface area contributed by atoms with E-state index in [1.54, 1.807) is 0 Å². The molecule has 4 rings (SSSR count). The molecule has 0 saturated carbocycles. The number of likely N-dealkylation sites (tertiary alicyclic amines) is 1. The molecule has 1 aliphatic rings. The number of halogens is 1. The lowest BCUT2D eigenvalue weighted by atomic mass is 10.2. The molecule has 1 heterocycles. The summed E-state index contributed by atoms with van der Waals surface area (Å²) in [4.78, 5) is 7.38. The van der Waals surface area contributed by atoms with Gasteiger partial charge in [0.25, 0.3) is 0 Å². The first-order chi connectivity index (χ1) is 14.9. The van der Waals surface area contributed by atoms with Crippen molar-refractivity contribution in [1.82, 2.24) is 4.90 Å². The van der Waals surface area contributed by atoms with E-state index in [2.05, 4.69) is 22.3 Å². The van der Waals surface area contributed by atoms with Crippen LogP contribution in [0.3, 0.4) is 0 Å². The molecule has 5 nitrogen and oxygen atoms in total. The number of ether oxygens (including phenoxy) is 1. The molecule has 170 valence electrons.